The molecule has 5 rings (SSSR count). The Hall–Kier alpha value is -3.89. The third kappa shape index (κ3) is 3.79. The fraction of sp³-hybridized carbons (Fsp3) is 0.138. The topological polar surface area (TPSA) is 39.1 Å². The molecule has 4 aromatic carbocycles. The Bertz CT molecular complexity index is 1310. The van der Waals surface area contributed by atoms with Gasteiger partial charge in [-0.1, -0.05) is 60.7 Å². The summed E-state index contributed by atoms with van der Waals surface area (Å²) in [4.78, 5) is 8.86. The van der Waals surface area contributed by atoms with Crippen molar-refractivity contribution in [3.05, 3.63) is 103 Å². The molecule has 164 valence electrons. The third-order valence-corrected chi connectivity index (χ3v) is 6.15. The van der Waals surface area contributed by atoms with Gasteiger partial charge >= 0.3 is 0 Å². The van der Waals surface area contributed by atoms with Crippen LogP contribution in [0.3, 0.4) is 0 Å². The number of aliphatic hydroxyl groups is 1. The Morgan fingerprint density at radius 3 is 2.21 bits per heavy atom. The van der Waals surface area contributed by atoms with E-state index in [9.17, 15) is 5.11 Å². The van der Waals surface area contributed by atoms with Crippen LogP contribution in [0, 0.1) is 0 Å². The standard InChI is InChI=1S/C29H27N3O/c1-29(2,33)24-14-8-7-13-23(24)21-17-18-27-28(19-21)32(26-16-10-9-15-25(26)30-3)20-31(27)22-11-5-4-6-12-22/h4-19,33H,3,20H2,1-2H3. The molecule has 0 radical (unpaired) electrons. The lowest BCUT2D eigenvalue weighted by Crippen LogP contribution is -2.23. The van der Waals surface area contributed by atoms with Gasteiger partial charge in [0.1, 0.15) is 6.67 Å². The summed E-state index contributed by atoms with van der Waals surface area (Å²) >= 11 is 0. The molecular weight excluding hydrogens is 406 g/mol. The number of nitrogens with zero attached hydrogens (tertiary/aromatic N) is 3. The normalized spacial score (nSPS) is 13.2. The maximum atomic E-state index is 10.8. The van der Waals surface area contributed by atoms with Gasteiger partial charge in [-0.2, -0.15) is 0 Å². The number of hydrogen-bond donors (Lipinski definition) is 1. The summed E-state index contributed by atoms with van der Waals surface area (Å²) in [6.45, 7) is 8.11. The van der Waals surface area contributed by atoms with Crippen LogP contribution in [0.1, 0.15) is 19.4 Å². The molecule has 0 aliphatic carbocycles. The minimum atomic E-state index is -0.940. The number of anilines is 4. The molecule has 4 heteroatoms. The summed E-state index contributed by atoms with van der Waals surface area (Å²) in [7, 11) is 0. The molecule has 4 nitrogen and oxygen atoms in total. The van der Waals surface area contributed by atoms with E-state index >= 15 is 0 Å². The lowest BCUT2D eigenvalue weighted by molar-refractivity contribution is 0.0792. The predicted molar refractivity (Wildman–Crippen MR) is 138 cm³/mol. The Morgan fingerprint density at radius 1 is 0.758 bits per heavy atom. The van der Waals surface area contributed by atoms with Gasteiger partial charge in [-0.3, -0.25) is 4.99 Å². The summed E-state index contributed by atoms with van der Waals surface area (Å²) in [5, 5.41) is 10.8. The van der Waals surface area contributed by atoms with Crippen LogP contribution in [0.4, 0.5) is 28.4 Å². The second-order valence-corrected chi connectivity index (χ2v) is 8.79. The summed E-state index contributed by atoms with van der Waals surface area (Å²) in [6, 6.07) is 33.1. The highest BCUT2D eigenvalue weighted by molar-refractivity contribution is 5.92. The maximum absolute atomic E-state index is 10.8. The maximum Gasteiger partial charge on any atom is 0.100 e. The van der Waals surface area contributed by atoms with Crippen LogP contribution < -0.4 is 9.80 Å². The molecule has 1 aliphatic heterocycles. The van der Waals surface area contributed by atoms with E-state index in [2.05, 4.69) is 76.1 Å². The van der Waals surface area contributed by atoms with Crippen molar-refractivity contribution in [2.45, 2.75) is 19.4 Å². The Morgan fingerprint density at radius 2 is 1.45 bits per heavy atom. The quantitative estimate of drug-likeness (QED) is 0.339. The summed E-state index contributed by atoms with van der Waals surface area (Å²) < 4.78 is 0. The van der Waals surface area contributed by atoms with Crippen molar-refractivity contribution in [1.82, 2.24) is 0 Å². The van der Waals surface area contributed by atoms with Crippen LogP contribution in [0.15, 0.2) is 102 Å². The van der Waals surface area contributed by atoms with E-state index in [4.69, 9.17) is 0 Å². The molecule has 4 aromatic rings. The van der Waals surface area contributed by atoms with Gasteiger partial charge in [-0.15, -0.1) is 0 Å². The Labute approximate surface area is 195 Å². The van der Waals surface area contributed by atoms with Gasteiger partial charge in [0, 0.05) is 5.69 Å². The van der Waals surface area contributed by atoms with Gasteiger partial charge < -0.3 is 14.9 Å². The number of rotatable bonds is 5. The smallest absolute Gasteiger partial charge is 0.100 e. The first-order valence-electron chi connectivity index (χ1n) is 11.1. The predicted octanol–water partition coefficient (Wildman–Crippen LogP) is 7.16. The molecule has 33 heavy (non-hydrogen) atoms. The first kappa shape index (κ1) is 21.0. The summed E-state index contributed by atoms with van der Waals surface area (Å²) in [6.07, 6.45) is 0. The van der Waals surface area contributed by atoms with Crippen molar-refractivity contribution < 1.29 is 5.11 Å². The minimum absolute atomic E-state index is 0.669. The Kier molecular flexibility index (Phi) is 5.23. The van der Waals surface area contributed by atoms with Gasteiger partial charge in [0.15, 0.2) is 0 Å². The van der Waals surface area contributed by atoms with Crippen molar-refractivity contribution >= 4 is 35.2 Å². The zero-order valence-corrected chi connectivity index (χ0v) is 18.9. The second kappa shape index (κ2) is 8.23. The molecule has 0 spiro atoms. The largest absolute Gasteiger partial charge is 0.386 e. The average molecular weight is 434 g/mol. The number of para-hydroxylation sites is 3. The molecule has 0 aromatic heterocycles. The van der Waals surface area contributed by atoms with E-state index in [-0.39, 0.29) is 0 Å². The molecule has 0 atom stereocenters. The van der Waals surface area contributed by atoms with Crippen LogP contribution in [0.5, 0.6) is 0 Å². The molecule has 1 heterocycles. The molecular formula is C29H27N3O. The van der Waals surface area contributed by atoms with Crippen LogP contribution in [0.2, 0.25) is 0 Å². The highest BCUT2D eigenvalue weighted by Gasteiger charge is 2.30. The number of benzene rings is 4. The third-order valence-electron chi connectivity index (χ3n) is 6.15. The zero-order valence-electron chi connectivity index (χ0n) is 18.9. The zero-order chi connectivity index (χ0) is 23.0. The SMILES string of the molecule is C=Nc1ccccc1N1CN(c2ccccc2)c2ccc(-c3ccccc3C(C)(C)O)cc21. The van der Waals surface area contributed by atoms with Gasteiger partial charge in [0.25, 0.3) is 0 Å². The molecule has 0 bridgehead atoms. The number of fused-ring (bicyclic) bond motifs is 1. The number of aliphatic imine (C=N–C) groups is 1. The lowest BCUT2D eigenvalue weighted by atomic mass is 9.89. The molecule has 0 saturated heterocycles. The number of hydrogen-bond acceptors (Lipinski definition) is 4. The Balaban J connectivity index is 1.69. The van der Waals surface area contributed by atoms with Crippen molar-refractivity contribution in [3.8, 4) is 11.1 Å². The van der Waals surface area contributed by atoms with Gasteiger partial charge in [0.2, 0.25) is 0 Å². The second-order valence-electron chi connectivity index (χ2n) is 8.79. The molecule has 0 saturated carbocycles. The van der Waals surface area contributed by atoms with Crippen LogP contribution >= 0.6 is 0 Å². The minimum Gasteiger partial charge on any atom is -0.386 e. The first-order valence-corrected chi connectivity index (χ1v) is 11.1. The van der Waals surface area contributed by atoms with E-state index in [0.29, 0.717) is 6.67 Å². The summed E-state index contributed by atoms with van der Waals surface area (Å²) in [5.74, 6) is 0. The van der Waals surface area contributed by atoms with Crippen LogP contribution in [-0.2, 0) is 5.60 Å². The average Bonchev–Trinajstić information content (AvgIpc) is 3.23. The van der Waals surface area contributed by atoms with Crippen molar-refractivity contribution in [1.29, 1.82) is 0 Å². The fourth-order valence-electron chi connectivity index (χ4n) is 4.56. The van der Waals surface area contributed by atoms with E-state index in [1.54, 1.807) is 0 Å². The van der Waals surface area contributed by atoms with Crippen LogP contribution in [0.25, 0.3) is 11.1 Å². The highest BCUT2D eigenvalue weighted by atomic mass is 16.3. The molecule has 1 N–H and O–H groups in total. The monoisotopic (exact) mass is 433 g/mol. The van der Waals surface area contributed by atoms with Gasteiger partial charge in [-0.25, -0.2) is 0 Å². The molecule has 0 unspecified atom stereocenters. The van der Waals surface area contributed by atoms with Crippen molar-refractivity contribution in [2.75, 3.05) is 16.5 Å². The summed E-state index contributed by atoms with van der Waals surface area (Å²) in [5.41, 5.74) is 7.28. The lowest BCUT2D eigenvalue weighted by Gasteiger charge is -2.23. The van der Waals surface area contributed by atoms with Gasteiger partial charge in [-0.05, 0) is 73.7 Å². The van der Waals surface area contributed by atoms with Crippen molar-refractivity contribution in [3.63, 3.8) is 0 Å². The van der Waals surface area contributed by atoms with Gasteiger partial charge in [0.05, 0.1) is 28.4 Å². The molecule has 0 amide bonds. The van der Waals surface area contributed by atoms with E-state index < -0.39 is 5.60 Å². The molecule has 1 aliphatic rings. The highest BCUT2D eigenvalue weighted by Crippen LogP contribution is 2.48. The van der Waals surface area contributed by atoms with E-state index in [0.717, 1.165) is 45.1 Å². The molecule has 0 fully saturated rings. The van der Waals surface area contributed by atoms with E-state index in [1.165, 1.54) is 0 Å². The fourth-order valence-corrected chi connectivity index (χ4v) is 4.56. The van der Waals surface area contributed by atoms with Crippen LogP contribution in [-0.4, -0.2) is 18.5 Å². The first-order chi connectivity index (χ1) is 16.0. The van der Waals surface area contributed by atoms with Crippen molar-refractivity contribution in [2.24, 2.45) is 4.99 Å². The van der Waals surface area contributed by atoms with E-state index in [1.807, 2.05) is 56.3 Å².